The maximum Gasteiger partial charge on any atom is 0.310 e. The van der Waals surface area contributed by atoms with Gasteiger partial charge >= 0.3 is 10.2 Å². The maximum atomic E-state index is 12.4. The van der Waals surface area contributed by atoms with Crippen LogP contribution in [0.4, 0.5) is 29.5 Å². The minimum Gasteiger partial charge on any atom is -0.396 e. The van der Waals surface area contributed by atoms with E-state index >= 15 is 0 Å². The predicted molar refractivity (Wildman–Crippen MR) is 42.2 cm³/mol. The topological polar surface area (TPSA) is 26.0 Å². The van der Waals surface area contributed by atoms with Crippen LogP contribution in [0.5, 0.6) is 0 Å². The standard InChI is InChI=1S/C6H5F6NS/c7-5-2-1-4(3-6(5)13)14(8,9,10,11)12/h1-3H,13H2. The van der Waals surface area contributed by atoms with Gasteiger partial charge in [-0.3, -0.25) is 0 Å². The largest absolute Gasteiger partial charge is 0.396 e. The Bertz CT molecular complexity index is 382. The number of nitrogen functional groups attached to an aromatic ring is 1. The Morgan fingerprint density at radius 1 is 1.00 bits per heavy atom. The molecule has 0 bridgehead atoms. The van der Waals surface area contributed by atoms with Gasteiger partial charge in [-0.2, -0.15) is 0 Å². The lowest BCUT2D eigenvalue weighted by Crippen LogP contribution is -2.07. The monoisotopic (exact) mass is 237 g/mol. The second-order valence-corrected chi connectivity index (χ2v) is 5.06. The number of anilines is 1. The minimum atomic E-state index is -9.73. The molecular formula is C6H5F6NS. The SMILES string of the molecule is Nc1cc(S(F)(F)(F)(F)F)ccc1F. The van der Waals surface area contributed by atoms with Crippen LogP contribution in [0.1, 0.15) is 0 Å². The van der Waals surface area contributed by atoms with E-state index in [0.29, 0.717) is 0 Å². The van der Waals surface area contributed by atoms with Gasteiger partial charge in [0.2, 0.25) is 0 Å². The fraction of sp³-hybridized carbons (Fsp3) is 0. The van der Waals surface area contributed by atoms with Gasteiger partial charge in [0.05, 0.1) is 5.69 Å². The first kappa shape index (κ1) is 11.0. The summed E-state index contributed by atoms with van der Waals surface area (Å²) < 4.78 is 72.8. The second kappa shape index (κ2) is 2.13. The van der Waals surface area contributed by atoms with Crippen LogP contribution in [-0.4, -0.2) is 0 Å². The molecule has 0 fully saturated rings. The molecule has 1 rings (SSSR count). The van der Waals surface area contributed by atoms with Crippen molar-refractivity contribution in [2.24, 2.45) is 0 Å². The number of rotatable bonds is 1. The van der Waals surface area contributed by atoms with Crippen LogP contribution >= 0.6 is 10.2 Å². The van der Waals surface area contributed by atoms with Crippen LogP contribution in [0.15, 0.2) is 23.1 Å². The first-order valence-corrected chi connectivity index (χ1v) is 5.14. The zero-order valence-electron chi connectivity index (χ0n) is 6.49. The van der Waals surface area contributed by atoms with Crippen LogP contribution in [0.2, 0.25) is 0 Å². The van der Waals surface area contributed by atoms with Gasteiger partial charge in [0, 0.05) is 0 Å². The molecule has 1 aromatic rings. The number of benzene rings is 1. The van der Waals surface area contributed by atoms with E-state index in [0.717, 1.165) is 0 Å². The highest BCUT2D eigenvalue weighted by molar-refractivity contribution is 8.45. The van der Waals surface area contributed by atoms with Gasteiger partial charge in [-0.05, 0) is 18.2 Å². The molecule has 0 aliphatic carbocycles. The molecule has 82 valence electrons. The molecule has 0 amide bonds. The van der Waals surface area contributed by atoms with Crippen LogP contribution in [0, 0.1) is 5.82 Å². The molecule has 0 atom stereocenters. The van der Waals surface area contributed by atoms with E-state index in [9.17, 15) is 23.8 Å². The highest BCUT2D eigenvalue weighted by Crippen LogP contribution is 3.02. The van der Waals surface area contributed by atoms with E-state index < -0.39 is 26.6 Å². The molecular weight excluding hydrogens is 232 g/mol. The molecule has 14 heavy (non-hydrogen) atoms. The first-order chi connectivity index (χ1) is 5.90. The van der Waals surface area contributed by atoms with Crippen LogP contribution < -0.4 is 5.73 Å². The Morgan fingerprint density at radius 2 is 1.50 bits per heavy atom. The lowest BCUT2D eigenvalue weighted by molar-refractivity contribution is 0.364. The lowest BCUT2D eigenvalue weighted by Gasteiger charge is -2.40. The minimum absolute atomic E-state index is 0.0345. The summed E-state index contributed by atoms with van der Waals surface area (Å²) in [5.41, 5.74) is 3.78. The quantitative estimate of drug-likeness (QED) is 0.578. The van der Waals surface area contributed by atoms with Gasteiger partial charge in [0.15, 0.2) is 0 Å². The summed E-state index contributed by atoms with van der Waals surface area (Å²) in [6.07, 6.45) is 0. The third-order valence-corrected chi connectivity index (χ3v) is 2.56. The summed E-state index contributed by atoms with van der Waals surface area (Å²) in [5.74, 6) is -1.17. The Labute approximate surface area is 75.2 Å². The highest BCUT2D eigenvalue weighted by Gasteiger charge is 2.65. The average molecular weight is 237 g/mol. The van der Waals surface area contributed by atoms with Crippen molar-refractivity contribution in [2.75, 3.05) is 5.73 Å². The van der Waals surface area contributed by atoms with Crippen LogP contribution in [0.3, 0.4) is 0 Å². The van der Waals surface area contributed by atoms with Gasteiger partial charge < -0.3 is 5.73 Å². The third kappa shape index (κ3) is 2.25. The van der Waals surface area contributed by atoms with Crippen molar-refractivity contribution in [2.45, 2.75) is 4.90 Å². The fourth-order valence-corrected chi connectivity index (χ4v) is 1.44. The molecule has 0 unspecified atom stereocenters. The lowest BCUT2D eigenvalue weighted by atomic mass is 10.3. The Morgan fingerprint density at radius 3 is 1.86 bits per heavy atom. The van der Waals surface area contributed by atoms with Crippen LogP contribution in [0.25, 0.3) is 0 Å². The number of hydrogen-bond donors (Lipinski definition) is 1. The number of nitrogens with two attached hydrogens (primary N) is 1. The van der Waals surface area contributed by atoms with E-state index in [-0.39, 0.29) is 18.2 Å². The van der Waals surface area contributed by atoms with Crippen molar-refractivity contribution < 1.29 is 23.8 Å². The summed E-state index contributed by atoms with van der Waals surface area (Å²) in [4.78, 5) is -2.19. The van der Waals surface area contributed by atoms with Crippen molar-refractivity contribution in [1.82, 2.24) is 0 Å². The molecule has 2 N–H and O–H groups in total. The van der Waals surface area contributed by atoms with Crippen molar-refractivity contribution in [3.63, 3.8) is 0 Å². The Hall–Kier alpha value is -1.05. The molecule has 0 aliphatic rings. The maximum absolute atomic E-state index is 12.4. The Kier molecular flexibility index (Phi) is 1.68. The average Bonchev–Trinajstić information content (AvgIpc) is 1.89. The predicted octanol–water partition coefficient (Wildman–Crippen LogP) is 4.07. The van der Waals surface area contributed by atoms with Gasteiger partial charge in [-0.25, -0.2) is 4.39 Å². The zero-order chi connectivity index (χ0) is 11.3. The third-order valence-electron chi connectivity index (χ3n) is 1.41. The molecule has 0 heterocycles. The van der Waals surface area contributed by atoms with Crippen molar-refractivity contribution in [3.8, 4) is 0 Å². The molecule has 1 aromatic carbocycles. The van der Waals surface area contributed by atoms with Crippen LogP contribution in [-0.2, 0) is 0 Å². The summed E-state index contributed by atoms with van der Waals surface area (Å²) in [6, 6.07) is 0.104. The summed E-state index contributed by atoms with van der Waals surface area (Å²) in [7, 11) is -9.73. The molecule has 1 nitrogen and oxygen atoms in total. The first-order valence-electron chi connectivity index (χ1n) is 3.19. The highest BCUT2D eigenvalue weighted by atomic mass is 32.5. The van der Waals surface area contributed by atoms with Crippen molar-refractivity contribution >= 4 is 15.9 Å². The zero-order valence-corrected chi connectivity index (χ0v) is 7.30. The van der Waals surface area contributed by atoms with Gasteiger partial charge in [0.1, 0.15) is 10.7 Å². The van der Waals surface area contributed by atoms with Crippen molar-refractivity contribution in [1.29, 1.82) is 0 Å². The molecule has 0 radical (unpaired) electrons. The summed E-state index contributed by atoms with van der Waals surface area (Å²) >= 11 is 0. The fourth-order valence-electron chi connectivity index (χ4n) is 0.762. The van der Waals surface area contributed by atoms with Gasteiger partial charge in [0.25, 0.3) is 0 Å². The molecule has 0 aromatic heterocycles. The molecule has 0 spiro atoms. The van der Waals surface area contributed by atoms with E-state index in [4.69, 9.17) is 5.73 Å². The van der Waals surface area contributed by atoms with E-state index in [1.54, 1.807) is 0 Å². The molecule has 8 heteroatoms. The normalized spacial score (nSPS) is 17.3. The summed E-state index contributed by atoms with van der Waals surface area (Å²) in [6.45, 7) is 0. The van der Waals surface area contributed by atoms with Crippen molar-refractivity contribution in [3.05, 3.63) is 24.0 Å². The smallest absolute Gasteiger partial charge is 0.310 e. The molecule has 0 saturated carbocycles. The molecule has 0 saturated heterocycles. The Balaban J connectivity index is 3.45. The van der Waals surface area contributed by atoms with E-state index in [1.165, 1.54) is 0 Å². The number of halogens is 6. The van der Waals surface area contributed by atoms with E-state index in [2.05, 4.69) is 0 Å². The van der Waals surface area contributed by atoms with Gasteiger partial charge in [-0.1, -0.05) is 19.4 Å². The summed E-state index contributed by atoms with van der Waals surface area (Å²) in [5, 5.41) is 0. The van der Waals surface area contributed by atoms with Gasteiger partial charge in [-0.15, -0.1) is 0 Å². The molecule has 0 aliphatic heterocycles. The van der Waals surface area contributed by atoms with E-state index in [1.807, 2.05) is 0 Å². The number of hydrogen-bond acceptors (Lipinski definition) is 1. The second-order valence-electron chi connectivity index (χ2n) is 2.65.